The van der Waals surface area contributed by atoms with E-state index in [1.54, 1.807) is 7.11 Å². The largest absolute Gasteiger partial charge is 0.497 e. The van der Waals surface area contributed by atoms with Crippen molar-refractivity contribution in [1.29, 1.82) is 0 Å². The molecule has 18 heavy (non-hydrogen) atoms. The fourth-order valence-electron chi connectivity index (χ4n) is 3.74. The molecule has 2 atom stereocenters. The monoisotopic (exact) mass is 244 g/mol. The Bertz CT molecular complexity index is 492. The molecule has 0 aliphatic heterocycles. The molecule has 1 fully saturated rings. The van der Waals surface area contributed by atoms with Crippen molar-refractivity contribution in [1.82, 2.24) is 0 Å². The standard InChI is InChI=1S/C16H20O2/c1-16-8-7-13(17)9-12(16)5-3-11-4-6-14(18-2)10-15(11)16/h4,6,10,12H,3,5,7-9H2,1-2H3/t12-,16?/m1/s1. The van der Waals surface area contributed by atoms with Gasteiger partial charge in [0.25, 0.3) is 0 Å². The van der Waals surface area contributed by atoms with Crippen molar-refractivity contribution in [3.63, 3.8) is 0 Å². The normalized spacial score (nSPS) is 30.6. The van der Waals surface area contributed by atoms with Crippen molar-refractivity contribution >= 4 is 5.78 Å². The van der Waals surface area contributed by atoms with Crippen LogP contribution in [0, 0.1) is 5.92 Å². The van der Waals surface area contributed by atoms with E-state index in [0.717, 1.165) is 37.9 Å². The fourth-order valence-corrected chi connectivity index (χ4v) is 3.74. The van der Waals surface area contributed by atoms with Crippen molar-refractivity contribution < 1.29 is 9.53 Å². The van der Waals surface area contributed by atoms with Gasteiger partial charge in [0, 0.05) is 12.8 Å². The maximum Gasteiger partial charge on any atom is 0.133 e. The predicted molar refractivity (Wildman–Crippen MR) is 71.0 cm³/mol. The van der Waals surface area contributed by atoms with E-state index < -0.39 is 0 Å². The maximum atomic E-state index is 11.7. The molecule has 96 valence electrons. The van der Waals surface area contributed by atoms with Gasteiger partial charge in [-0.2, -0.15) is 0 Å². The van der Waals surface area contributed by atoms with Gasteiger partial charge in [0.1, 0.15) is 11.5 Å². The summed E-state index contributed by atoms with van der Waals surface area (Å²) in [7, 11) is 1.72. The predicted octanol–water partition coefficient (Wildman–Crippen LogP) is 3.27. The van der Waals surface area contributed by atoms with Gasteiger partial charge in [0.15, 0.2) is 0 Å². The molecular weight excluding hydrogens is 224 g/mol. The zero-order chi connectivity index (χ0) is 12.8. The van der Waals surface area contributed by atoms with Crippen LogP contribution in [0.25, 0.3) is 0 Å². The van der Waals surface area contributed by atoms with Crippen molar-refractivity contribution in [3.8, 4) is 5.75 Å². The molecule has 0 aromatic heterocycles. The smallest absolute Gasteiger partial charge is 0.133 e. The highest BCUT2D eigenvalue weighted by atomic mass is 16.5. The van der Waals surface area contributed by atoms with Crippen LogP contribution in [-0.4, -0.2) is 12.9 Å². The highest BCUT2D eigenvalue weighted by molar-refractivity contribution is 5.80. The maximum absolute atomic E-state index is 11.7. The van der Waals surface area contributed by atoms with Crippen molar-refractivity contribution in [2.75, 3.05) is 7.11 Å². The van der Waals surface area contributed by atoms with Gasteiger partial charge >= 0.3 is 0 Å². The van der Waals surface area contributed by atoms with Gasteiger partial charge < -0.3 is 4.74 Å². The van der Waals surface area contributed by atoms with Crippen LogP contribution in [0.2, 0.25) is 0 Å². The molecule has 1 unspecified atom stereocenters. The topological polar surface area (TPSA) is 26.3 Å². The molecule has 0 saturated heterocycles. The lowest BCUT2D eigenvalue weighted by Crippen LogP contribution is -2.41. The Kier molecular flexibility index (Phi) is 2.69. The number of methoxy groups -OCH3 is 1. The zero-order valence-electron chi connectivity index (χ0n) is 11.2. The number of ketones is 1. The molecule has 3 rings (SSSR count). The summed E-state index contributed by atoms with van der Waals surface area (Å²) in [5.74, 6) is 1.91. The van der Waals surface area contributed by atoms with Gasteiger partial charge in [0.05, 0.1) is 7.11 Å². The van der Waals surface area contributed by atoms with Crippen LogP contribution in [0.5, 0.6) is 5.75 Å². The summed E-state index contributed by atoms with van der Waals surface area (Å²) in [6.45, 7) is 2.33. The number of hydrogen-bond acceptors (Lipinski definition) is 2. The van der Waals surface area contributed by atoms with Gasteiger partial charge in [-0.05, 0) is 53.9 Å². The minimum atomic E-state index is 0.177. The Morgan fingerprint density at radius 2 is 2.17 bits per heavy atom. The number of benzene rings is 1. The van der Waals surface area contributed by atoms with Crippen LogP contribution >= 0.6 is 0 Å². The van der Waals surface area contributed by atoms with Crippen molar-refractivity contribution in [2.24, 2.45) is 5.92 Å². The lowest BCUT2D eigenvalue weighted by Gasteiger charge is -2.46. The lowest BCUT2D eigenvalue weighted by atomic mass is 9.58. The van der Waals surface area contributed by atoms with E-state index in [1.165, 1.54) is 11.1 Å². The minimum absolute atomic E-state index is 0.177. The molecule has 2 aliphatic rings. The second-order valence-electron chi connectivity index (χ2n) is 5.92. The van der Waals surface area contributed by atoms with Gasteiger partial charge in [-0.25, -0.2) is 0 Å². The lowest BCUT2D eigenvalue weighted by molar-refractivity contribution is -0.123. The highest BCUT2D eigenvalue weighted by Crippen LogP contribution is 2.49. The van der Waals surface area contributed by atoms with Gasteiger partial charge in [0.2, 0.25) is 0 Å². The van der Waals surface area contributed by atoms with Gasteiger partial charge in [-0.3, -0.25) is 4.79 Å². The molecule has 2 heteroatoms. The molecule has 0 spiro atoms. The van der Waals surface area contributed by atoms with Crippen LogP contribution in [0.4, 0.5) is 0 Å². The average Bonchev–Trinajstić information content (AvgIpc) is 2.39. The molecule has 0 N–H and O–H groups in total. The van der Waals surface area contributed by atoms with Crippen molar-refractivity contribution in [3.05, 3.63) is 29.3 Å². The van der Waals surface area contributed by atoms with Crippen LogP contribution in [0.3, 0.4) is 0 Å². The number of carbonyl (C=O) groups is 1. The molecule has 0 heterocycles. The quantitative estimate of drug-likeness (QED) is 0.758. The van der Waals surface area contributed by atoms with E-state index in [-0.39, 0.29) is 5.41 Å². The summed E-state index contributed by atoms with van der Waals surface area (Å²) in [6.07, 6.45) is 4.77. The zero-order valence-corrected chi connectivity index (χ0v) is 11.2. The number of ether oxygens (including phenoxy) is 1. The molecule has 0 bridgehead atoms. The Balaban J connectivity index is 2.06. The molecule has 1 aromatic carbocycles. The molecule has 2 aliphatic carbocycles. The third-order valence-corrected chi connectivity index (χ3v) is 4.99. The van der Waals surface area contributed by atoms with Gasteiger partial charge in [-0.15, -0.1) is 0 Å². The summed E-state index contributed by atoms with van der Waals surface area (Å²) in [5, 5.41) is 0. The Morgan fingerprint density at radius 3 is 2.94 bits per heavy atom. The number of fused-ring (bicyclic) bond motifs is 3. The first-order valence-corrected chi connectivity index (χ1v) is 6.82. The van der Waals surface area contributed by atoms with E-state index in [4.69, 9.17) is 4.74 Å². The second-order valence-corrected chi connectivity index (χ2v) is 5.92. The SMILES string of the molecule is COc1ccc2c(c1)C1(C)CCC(=O)C[C@H]1CC2. The van der Waals surface area contributed by atoms with Crippen molar-refractivity contribution in [2.45, 2.75) is 44.4 Å². The molecule has 0 radical (unpaired) electrons. The fraction of sp³-hybridized carbons (Fsp3) is 0.562. The van der Waals surface area contributed by atoms with Crippen LogP contribution < -0.4 is 4.74 Å². The van der Waals surface area contributed by atoms with E-state index >= 15 is 0 Å². The van der Waals surface area contributed by atoms with E-state index in [1.807, 2.05) is 0 Å². The molecule has 1 aromatic rings. The number of aryl methyl sites for hydroxylation is 1. The highest BCUT2D eigenvalue weighted by Gasteiger charge is 2.44. The summed E-state index contributed by atoms with van der Waals surface area (Å²) in [4.78, 5) is 11.7. The number of carbonyl (C=O) groups excluding carboxylic acids is 1. The van der Waals surface area contributed by atoms with Crippen LogP contribution in [0.15, 0.2) is 18.2 Å². The van der Waals surface area contributed by atoms with E-state index in [9.17, 15) is 4.79 Å². The number of hydrogen-bond donors (Lipinski definition) is 0. The molecule has 2 nitrogen and oxygen atoms in total. The van der Waals surface area contributed by atoms with Crippen LogP contribution in [-0.2, 0) is 16.6 Å². The summed E-state index contributed by atoms with van der Waals surface area (Å²) in [6, 6.07) is 6.44. The number of Topliss-reactive ketones (excluding diaryl/α,β-unsaturated/α-hetero) is 1. The second kappa shape index (κ2) is 4.11. The molecule has 1 saturated carbocycles. The van der Waals surface area contributed by atoms with E-state index in [0.29, 0.717) is 11.7 Å². The number of rotatable bonds is 1. The summed E-state index contributed by atoms with van der Waals surface area (Å²) >= 11 is 0. The molecule has 0 amide bonds. The van der Waals surface area contributed by atoms with Crippen LogP contribution in [0.1, 0.15) is 43.7 Å². The first-order chi connectivity index (χ1) is 8.63. The third kappa shape index (κ3) is 1.66. The van der Waals surface area contributed by atoms with Gasteiger partial charge in [-0.1, -0.05) is 13.0 Å². The average molecular weight is 244 g/mol. The third-order valence-electron chi connectivity index (χ3n) is 4.99. The Labute approximate surface area is 108 Å². The Hall–Kier alpha value is -1.31. The summed E-state index contributed by atoms with van der Waals surface area (Å²) < 4.78 is 5.36. The first-order valence-electron chi connectivity index (χ1n) is 6.82. The Morgan fingerprint density at radius 1 is 1.33 bits per heavy atom. The van der Waals surface area contributed by atoms with E-state index in [2.05, 4.69) is 25.1 Å². The minimum Gasteiger partial charge on any atom is -0.497 e. The summed E-state index contributed by atoms with van der Waals surface area (Å²) in [5.41, 5.74) is 3.05. The molecular formula is C16H20O2. The first kappa shape index (κ1) is 11.8.